The number of esters is 2. The topological polar surface area (TPSA) is 85.6 Å². The van der Waals surface area contributed by atoms with Gasteiger partial charge in [0.1, 0.15) is 11.6 Å². The third kappa shape index (κ3) is 2.25. The van der Waals surface area contributed by atoms with E-state index in [4.69, 9.17) is 10.00 Å². The Morgan fingerprint density at radius 2 is 1.72 bits per heavy atom. The molecule has 94 valence electrons. The zero-order valence-corrected chi connectivity index (χ0v) is 10.1. The maximum Gasteiger partial charge on any atom is 0.342 e. The monoisotopic (exact) mass is 249 g/mol. The Hall–Kier alpha value is -2.55. The van der Waals surface area contributed by atoms with Gasteiger partial charge >= 0.3 is 11.9 Å². The van der Waals surface area contributed by atoms with Crippen LogP contribution in [0.5, 0.6) is 5.75 Å². The normalized spacial score (nSPS) is 9.22. The van der Waals surface area contributed by atoms with Gasteiger partial charge in [0, 0.05) is 0 Å². The average Bonchev–Trinajstić information content (AvgIpc) is 2.43. The zero-order chi connectivity index (χ0) is 13.7. The minimum absolute atomic E-state index is 0.00718. The van der Waals surface area contributed by atoms with E-state index in [-0.39, 0.29) is 22.4 Å². The molecule has 0 radical (unpaired) electrons. The van der Waals surface area contributed by atoms with Gasteiger partial charge < -0.3 is 14.2 Å². The molecule has 0 heterocycles. The first-order valence-corrected chi connectivity index (χ1v) is 4.88. The smallest absolute Gasteiger partial charge is 0.342 e. The molecule has 0 saturated heterocycles. The van der Waals surface area contributed by atoms with E-state index in [1.807, 2.05) is 6.07 Å². The van der Waals surface area contributed by atoms with Crippen molar-refractivity contribution < 1.29 is 23.8 Å². The fraction of sp³-hybridized carbons (Fsp3) is 0.250. The van der Waals surface area contributed by atoms with Crippen molar-refractivity contribution in [2.75, 3.05) is 21.3 Å². The summed E-state index contributed by atoms with van der Waals surface area (Å²) < 4.78 is 14.1. The lowest BCUT2D eigenvalue weighted by Gasteiger charge is -2.12. The summed E-state index contributed by atoms with van der Waals surface area (Å²) in [6.07, 6.45) is 0. The van der Waals surface area contributed by atoms with E-state index in [9.17, 15) is 9.59 Å². The number of ether oxygens (including phenoxy) is 3. The predicted octanol–water partition coefficient (Wildman–Crippen LogP) is 1.14. The lowest BCUT2D eigenvalue weighted by Crippen LogP contribution is -2.14. The lowest BCUT2D eigenvalue weighted by atomic mass is 10.0. The standard InChI is InChI=1S/C12H11NO5/c1-16-10-7(6-13)4-5-8(11(14)17-2)9(10)12(15)18-3/h4-5H,1-3H3. The highest BCUT2D eigenvalue weighted by molar-refractivity contribution is 6.05. The summed E-state index contributed by atoms with van der Waals surface area (Å²) in [7, 11) is 3.65. The summed E-state index contributed by atoms with van der Waals surface area (Å²) in [5.41, 5.74) is -0.00310. The fourth-order valence-electron chi connectivity index (χ4n) is 1.47. The van der Waals surface area contributed by atoms with Crippen LogP contribution in [0.15, 0.2) is 12.1 Å². The molecule has 0 unspecified atom stereocenters. The Morgan fingerprint density at radius 1 is 1.11 bits per heavy atom. The van der Waals surface area contributed by atoms with Crippen LogP contribution in [0.1, 0.15) is 26.3 Å². The van der Waals surface area contributed by atoms with Crippen LogP contribution in [0, 0.1) is 11.3 Å². The highest BCUT2D eigenvalue weighted by atomic mass is 16.5. The summed E-state index contributed by atoms with van der Waals surface area (Å²) >= 11 is 0. The maximum atomic E-state index is 11.7. The molecule has 0 bridgehead atoms. The predicted molar refractivity (Wildman–Crippen MR) is 60.4 cm³/mol. The van der Waals surface area contributed by atoms with Crippen molar-refractivity contribution in [3.05, 3.63) is 28.8 Å². The van der Waals surface area contributed by atoms with Crippen LogP contribution < -0.4 is 4.74 Å². The van der Waals surface area contributed by atoms with Crippen molar-refractivity contribution in [3.8, 4) is 11.8 Å². The van der Waals surface area contributed by atoms with Gasteiger partial charge in [-0.05, 0) is 12.1 Å². The average molecular weight is 249 g/mol. The van der Waals surface area contributed by atoms with Gasteiger partial charge in [0.05, 0.1) is 32.5 Å². The summed E-state index contributed by atoms with van der Waals surface area (Å²) in [5.74, 6) is -1.49. The Labute approximate surface area is 104 Å². The first-order valence-electron chi connectivity index (χ1n) is 4.88. The molecule has 0 aliphatic heterocycles. The molecule has 0 fully saturated rings. The zero-order valence-electron chi connectivity index (χ0n) is 10.1. The number of benzene rings is 1. The second kappa shape index (κ2) is 5.68. The Bertz CT molecular complexity index is 530. The summed E-state index contributed by atoms with van der Waals surface area (Å²) in [6.45, 7) is 0. The van der Waals surface area contributed by atoms with E-state index in [1.165, 1.54) is 33.5 Å². The molecule has 6 nitrogen and oxygen atoms in total. The van der Waals surface area contributed by atoms with Gasteiger partial charge in [0.25, 0.3) is 0 Å². The molecule has 0 aliphatic rings. The minimum atomic E-state index is -0.774. The Balaban J connectivity index is 3.60. The molecule has 18 heavy (non-hydrogen) atoms. The first-order chi connectivity index (χ1) is 8.60. The molecule has 0 N–H and O–H groups in total. The van der Waals surface area contributed by atoms with Crippen LogP contribution >= 0.6 is 0 Å². The quantitative estimate of drug-likeness (QED) is 0.746. The molecule has 0 spiro atoms. The van der Waals surface area contributed by atoms with Gasteiger partial charge in [-0.25, -0.2) is 9.59 Å². The largest absolute Gasteiger partial charge is 0.494 e. The van der Waals surface area contributed by atoms with E-state index in [0.717, 1.165) is 0 Å². The van der Waals surface area contributed by atoms with Gasteiger partial charge in [-0.1, -0.05) is 0 Å². The van der Waals surface area contributed by atoms with Gasteiger partial charge in [0.15, 0.2) is 5.75 Å². The van der Waals surface area contributed by atoms with E-state index < -0.39 is 11.9 Å². The number of hydrogen-bond donors (Lipinski definition) is 0. The number of carbonyl (C=O) groups excluding carboxylic acids is 2. The number of rotatable bonds is 3. The molecule has 0 saturated carbocycles. The van der Waals surface area contributed by atoms with Gasteiger partial charge in [-0.15, -0.1) is 0 Å². The van der Waals surface area contributed by atoms with Crippen LogP contribution in [0.4, 0.5) is 0 Å². The van der Waals surface area contributed by atoms with Gasteiger partial charge in [-0.2, -0.15) is 5.26 Å². The van der Waals surface area contributed by atoms with Crippen molar-refractivity contribution in [3.63, 3.8) is 0 Å². The molecule has 1 aromatic rings. The SMILES string of the molecule is COC(=O)c1ccc(C#N)c(OC)c1C(=O)OC. The van der Waals surface area contributed by atoms with E-state index >= 15 is 0 Å². The molecule has 0 aliphatic carbocycles. The van der Waals surface area contributed by atoms with Crippen LogP contribution in [-0.2, 0) is 9.47 Å². The molecule has 1 aromatic carbocycles. The summed E-state index contributed by atoms with van der Waals surface area (Å²) in [6, 6.07) is 4.56. The van der Waals surface area contributed by atoms with E-state index in [0.29, 0.717) is 0 Å². The van der Waals surface area contributed by atoms with Crippen LogP contribution in [0.25, 0.3) is 0 Å². The second-order valence-electron chi connectivity index (χ2n) is 3.16. The highest BCUT2D eigenvalue weighted by Gasteiger charge is 2.25. The molecular weight excluding hydrogens is 238 g/mol. The first kappa shape index (κ1) is 13.5. The van der Waals surface area contributed by atoms with Crippen LogP contribution in [0.3, 0.4) is 0 Å². The van der Waals surface area contributed by atoms with Crippen LogP contribution in [0.2, 0.25) is 0 Å². The van der Waals surface area contributed by atoms with Gasteiger partial charge in [0.2, 0.25) is 0 Å². The molecule has 0 amide bonds. The van der Waals surface area contributed by atoms with E-state index in [2.05, 4.69) is 9.47 Å². The molecule has 0 atom stereocenters. The highest BCUT2D eigenvalue weighted by Crippen LogP contribution is 2.28. The third-order valence-electron chi connectivity index (χ3n) is 2.28. The summed E-state index contributed by atoms with van der Waals surface area (Å²) in [5, 5.41) is 8.92. The maximum absolute atomic E-state index is 11.7. The van der Waals surface area contributed by atoms with E-state index in [1.54, 1.807) is 0 Å². The third-order valence-corrected chi connectivity index (χ3v) is 2.28. The van der Waals surface area contributed by atoms with Crippen molar-refractivity contribution in [2.45, 2.75) is 0 Å². The Morgan fingerprint density at radius 3 is 2.17 bits per heavy atom. The summed E-state index contributed by atoms with van der Waals surface area (Å²) in [4.78, 5) is 23.2. The van der Waals surface area contributed by atoms with Crippen molar-refractivity contribution >= 4 is 11.9 Å². The van der Waals surface area contributed by atoms with Crippen LogP contribution in [-0.4, -0.2) is 33.3 Å². The molecule has 0 aromatic heterocycles. The number of carbonyl (C=O) groups is 2. The fourth-order valence-corrected chi connectivity index (χ4v) is 1.47. The number of nitriles is 1. The Kier molecular flexibility index (Phi) is 4.27. The molecule has 6 heteroatoms. The van der Waals surface area contributed by atoms with Crippen molar-refractivity contribution in [2.24, 2.45) is 0 Å². The molecule has 1 rings (SSSR count). The number of nitrogens with zero attached hydrogens (tertiary/aromatic N) is 1. The van der Waals surface area contributed by atoms with Crippen molar-refractivity contribution in [1.82, 2.24) is 0 Å². The lowest BCUT2D eigenvalue weighted by molar-refractivity contribution is 0.0552. The second-order valence-corrected chi connectivity index (χ2v) is 3.16. The van der Waals surface area contributed by atoms with Crippen molar-refractivity contribution in [1.29, 1.82) is 5.26 Å². The van der Waals surface area contributed by atoms with Gasteiger partial charge in [-0.3, -0.25) is 0 Å². The number of hydrogen-bond acceptors (Lipinski definition) is 6. The molecular formula is C12H11NO5. The number of methoxy groups -OCH3 is 3. The minimum Gasteiger partial charge on any atom is -0.494 e.